The zero-order valence-corrected chi connectivity index (χ0v) is 10.4. The Morgan fingerprint density at radius 3 is 3.00 bits per heavy atom. The fourth-order valence-corrected chi connectivity index (χ4v) is 1.61. The van der Waals surface area contributed by atoms with Crippen LogP contribution < -0.4 is 4.74 Å². The fourth-order valence-electron chi connectivity index (χ4n) is 1.26. The van der Waals surface area contributed by atoms with Crippen molar-refractivity contribution in [1.82, 2.24) is 9.97 Å². The molecule has 17 heavy (non-hydrogen) atoms. The van der Waals surface area contributed by atoms with Crippen LogP contribution in [0.15, 0.2) is 41.3 Å². The van der Waals surface area contributed by atoms with Crippen molar-refractivity contribution < 1.29 is 4.74 Å². The molecule has 0 fully saturated rings. The quantitative estimate of drug-likeness (QED) is 0.872. The summed E-state index contributed by atoms with van der Waals surface area (Å²) in [7, 11) is 0. The van der Waals surface area contributed by atoms with E-state index in [0.717, 1.165) is 10.0 Å². The Morgan fingerprint density at radius 1 is 1.35 bits per heavy atom. The van der Waals surface area contributed by atoms with Gasteiger partial charge in [-0.1, -0.05) is 0 Å². The van der Waals surface area contributed by atoms with E-state index in [1.165, 1.54) is 0 Å². The van der Waals surface area contributed by atoms with E-state index in [1.54, 1.807) is 24.7 Å². The summed E-state index contributed by atoms with van der Waals surface area (Å²) in [5.74, 6) is 0.676. The topological polar surface area (TPSA) is 58.8 Å². The molecule has 0 amide bonds. The van der Waals surface area contributed by atoms with Gasteiger partial charge in [-0.25, -0.2) is 4.98 Å². The summed E-state index contributed by atoms with van der Waals surface area (Å²) >= 11 is 3.32. The van der Waals surface area contributed by atoms with E-state index in [-0.39, 0.29) is 0 Å². The van der Waals surface area contributed by atoms with E-state index in [4.69, 9.17) is 10.00 Å². The second kappa shape index (κ2) is 5.41. The van der Waals surface area contributed by atoms with Crippen molar-refractivity contribution in [3.8, 4) is 11.8 Å². The highest BCUT2D eigenvalue weighted by atomic mass is 79.9. The lowest BCUT2D eigenvalue weighted by atomic mass is 10.2. The second-order valence-electron chi connectivity index (χ2n) is 3.29. The van der Waals surface area contributed by atoms with Crippen LogP contribution in [0.1, 0.15) is 11.3 Å². The second-order valence-corrected chi connectivity index (χ2v) is 4.20. The van der Waals surface area contributed by atoms with Crippen LogP contribution in [-0.2, 0) is 6.61 Å². The lowest BCUT2D eigenvalue weighted by Crippen LogP contribution is -1.97. The standard InChI is InChI=1S/C12H8BrN3O/c13-10-4-12(7-15-6-10)17-8-9-1-2-16-11(3-9)5-14/h1-4,6-7H,8H2. The number of halogens is 1. The van der Waals surface area contributed by atoms with Gasteiger partial charge in [0.15, 0.2) is 0 Å². The van der Waals surface area contributed by atoms with E-state index >= 15 is 0 Å². The van der Waals surface area contributed by atoms with Gasteiger partial charge in [0, 0.05) is 16.9 Å². The van der Waals surface area contributed by atoms with E-state index < -0.39 is 0 Å². The molecule has 5 heteroatoms. The number of hydrogen-bond donors (Lipinski definition) is 0. The molecule has 0 spiro atoms. The highest BCUT2D eigenvalue weighted by Crippen LogP contribution is 2.17. The molecule has 0 atom stereocenters. The molecule has 2 aromatic heterocycles. The smallest absolute Gasteiger partial charge is 0.140 e. The summed E-state index contributed by atoms with van der Waals surface area (Å²) in [5, 5.41) is 8.71. The molecule has 2 aromatic rings. The van der Waals surface area contributed by atoms with Crippen LogP contribution in [0.2, 0.25) is 0 Å². The molecule has 0 N–H and O–H groups in total. The number of hydrogen-bond acceptors (Lipinski definition) is 4. The van der Waals surface area contributed by atoms with Gasteiger partial charge < -0.3 is 4.74 Å². The lowest BCUT2D eigenvalue weighted by molar-refractivity contribution is 0.304. The summed E-state index contributed by atoms with van der Waals surface area (Å²) in [6.45, 7) is 0.384. The van der Waals surface area contributed by atoms with Gasteiger partial charge in [-0.2, -0.15) is 5.26 Å². The first-order chi connectivity index (χ1) is 8.28. The molecule has 0 aliphatic carbocycles. The van der Waals surface area contributed by atoms with Crippen molar-refractivity contribution in [1.29, 1.82) is 5.26 Å². The number of nitrogens with zero attached hydrogens (tertiary/aromatic N) is 3. The minimum Gasteiger partial charge on any atom is -0.487 e. The Kier molecular flexibility index (Phi) is 3.68. The minimum atomic E-state index is 0.384. The Morgan fingerprint density at radius 2 is 2.24 bits per heavy atom. The third kappa shape index (κ3) is 3.26. The van der Waals surface area contributed by atoms with Gasteiger partial charge in [-0.05, 0) is 39.7 Å². The number of pyridine rings is 2. The van der Waals surface area contributed by atoms with Crippen LogP contribution >= 0.6 is 15.9 Å². The predicted molar refractivity (Wildman–Crippen MR) is 65.2 cm³/mol. The molecule has 2 rings (SSSR count). The first-order valence-electron chi connectivity index (χ1n) is 4.86. The zero-order chi connectivity index (χ0) is 12.1. The number of ether oxygens (including phenoxy) is 1. The normalized spacial score (nSPS) is 9.65. The number of nitriles is 1. The largest absolute Gasteiger partial charge is 0.487 e. The van der Waals surface area contributed by atoms with Crippen LogP contribution in [0, 0.1) is 11.3 Å². The molecular formula is C12H8BrN3O. The summed E-state index contributed by atoms with van der Waals surface area (Å²) < 4.78 is 6.41. The molecule has 84 valence electrons. The maximum Gasteiger partial charge on any atom is 0.140 e. The van der Waals surface area contributed by atoms with Crippen molar-refractivity contribution in [3.05, 3.63) is 52.5 Å². The SMILES string of the molecule is N#Cc1cc(COc2cncc(Br)c2)ccn1. The van der Waals surface area contributed by atoms with Gasteiger partial charge in [0.05, 0.1) is 6.20 Å². The highest BCUT2D eigenvalue weighted by molar-refractivity contribution is 9.10. The van der Waals surface area contributed by atoms with E-state index in [2.05, 4.69) is 25.9 Å². The van der Waals surface area contributed by atoms with Crippen LogP contribution in [0.5, 0.6) is 5.75 Å². The molecule has 0 aliphatic heterocycles. The Labute approximate surface area is 107 Å². The molecule has 0 saturated carbocycles. The first kappa shape index (κ1) is 11.6. The first-order valence-corrected chi connectivity index (χ1v) is 5.65. The zero-order valence-electron chi connectivity index (χ0n) is 8.80. The third-order valence-electron chi connectivity index (χ3n) is 2.02. The Balaban J connectivity index is 2.05. The minimum absolute atomic E-state index is 0.384. The molecule has 0 aliphatic rings. The molecule has 0 radical (unpaired) electrons. The average Bonchev–Trinajstić information content (AvgIpc) is 2.37. The molecule has 0 aromatic carbocycles. The third-order valence-corrected chi connectivity index (χ3v) is 2.46. The van der Waals surface area contributed by atoms with Gasteiger partial charge in [-0.15, -0.1) is 0 Å². The molecule has 4 nitrogen and oxygen atoms in total. The van der Waals surface area contributed by atoms with Gasteiger partial charge in [0.1, 0.15) is 24.1 Å². The molecule has 0 unspecified atom stereocenters. The van der Waals surface area contributed by atoms with Crippen molar-refractivity contribution in [3.63, 3.8) is 0 Å². The number of aromatic nitrogens is 2. The molecule has 0 saturated heterocycles. The molecule has 2 heterocycles. The van der Waals surface area contributed by atoms with Crippen LogP contribution in [-0.4, -0.2) is 9.97 Å². The maximum absolute atomic E-state index is 8.71. The van der Waals surface area contributed by atoms with Crippen LogP contribution in [0.4, 0.5) is 0 Å². The predicted octanol–water partition coefficient (Wildman–Crippen LogP) is 2.69. The lowest BCUT2D eigenvalue weighted by Gasteiger charge is -2.05. The van der Waals surface area contributed by atoms with Crippen molar-refractivity contribution >= 4 is 15.9 Å². The Hall–Kier alpha value is -1.93. The van der Waals surface area contributed by atoms with Crippen LogP contribution in [0.3, 0.4) is 0 Å². The average molecular weight is 290 g/mol. The monoisotopic (exact) mass is 289 g/mol. The van der Waals surface area contributed by atoms with Gasteiger partial charge in [0.2, 0.25) is 0 Å². The summed E-state index contributed by atoms with van der Waals surface area (Å²) in [6, 6.07) is 7.33. The number of rotatable bonds is 3. The fraction of sp³-hybridized carbons (Fsp3) is 0.0833. The van der Waals surface area contributed by atoms with E-state index in [0.29, 0.717) is 18.1 Å². The van der Waals surface area contributed by atoms with Gasteiger partial charge >= 0.3 is 0 Å². The highest BCUT2D eigenvalue weighted by Gasteiger charge is 1.99. The maximum atomic E-state index is 8.71. The summed E-state index contributed by atoms with van der Waals surface area (Å²) in [4.78, 5) is 7.88. The van der Waals surface area contributed by atoms with E-state index in [1.807, 2.05) is 18.2 Å². The molecule has 0 bridgehead atoms. The van der Waals surface area contributed by atoms with Crippen LogP contribution in [0.25, 0.3) is 0 Å². The van der Waals surface area contributed by atoms with Crippen molar-refractivity contribution in [2.45, 2.75) is 6.61 Å². The molecular weight excluding hydrogens is 282 g/mol. The van der Waals surface area contributed by atoms with E-state index in [9.17, 15) is 0 Å². The Bertz CT molecular complexity index is 566. The van der Waals surface area contributed by atoms with Crippen molar-refractivity contribution in [2.24, 2.45) is 0 Å². The van der Waals surface area contributed by atoms with Gasteiger partial charge in [0.25, 0.3) is 0 Å². The summed E-state index contributed by atoms with van der Waals surface area (Å²) in [5.41, 5.74) is 1.29. The van der Waals surface area contributed by atoms with Crippen molar-refractivity contribution in [2.75, 3.05) is 0 Å². The van der Waals surface area contributed by atoms with Gasteiger partial charge in [-0.3, -0.25) is 4.98 Å². The summed E-state index contributed by atoms with van der Waals surface area (Å²) in [6.07, 6.45) is 4.92.